The summed E-state index contributed by atoms with van der Waals surface area (Å²) in [5.74, 6) is -1.42. The Bertz CT molecular complexity index is 1810. The predicted molar refractivity (Wildman–Crippen MR) is 154 cm³/mol. The number of ether oxygens (including phenoxy) is 2. The third-order valence-corrected chi connectivity index (χ3v) is 6.17. The van der Waals surface area contributed by atoms with E-state index in [9.17, 15) is 14.0 Å². The highest BCUT2D eigenvalue weighted by Gasteiger charge is 2.18. The standard InChI is InChI=1S/C31H23F2N5O4/c1-41-29-11-4-19(17-36-29)20-15-28(26(12-13-34)35-18-20)42-27-10-7-22(16-25(27)33)37-30(39)24-3-2-14-38(31(24)40)23-8-5-21(32)6-9-23/h2-18,34-35H,1H3,(H,37,39)/b26-12-,34-13?. The summed E-state index contributed by atoms with van der Waals surface area (Å²) in [6.45, 7) is 0. The SMILES string of the molecule is COc1ccc(C2=CN/C(=C\C=N)C(Oc3ccc(NC(=O)c4cccn(-c5ccc(F)cc5)c4=O)cc3F)=C2)cn1. The number of aromatic nitrogens is 2. The Hall–Kier alpha value is -5.84. The zero-order chi connectivity index (χ0) is 29.6. The summed E-state index contributed by atoms with van der Waals surface area (Å²) in [6, 6.07) is 15.4. The molecule has 2 aromatic carbocycles. The van der Waals surface area contributed by atoms with Gasteiger partial charge in [-0.2, -0.15) is 0 Å². The van der Waals surface area contributed by atoms with Gasteiger partial charge in [0, 0.05) is 59.5 Å². The Kier molecular flexibility index (Phi) is 8.00. The molecule has 9 nitrogen and oxygen atoms in total. The zero-order valence-corrected chi connectivity index (χ0v) is 22.1. The van der Waals surface area contributed by atoms with Gasteiger partial charge in [0.2, 0.25) is 5.88 Å². The highest BCUT2D eigenvalue weighted by molar-refractivity contribution is 6.04. The van der Waals surface area contributed by atoms with Crippen LogP contribution in [0.4, 0.5) is 14.5 Å². The molecule has 1 aliphatic rings. The van der Waals surface area contributed by atoms with Crippen molar-refractivity contribution < 1.29 is 23.0 Å². The van der Waals surface area contributed by atoms with Gasteiger partial charge in [-0.25, -0.2) is 13.8 Å². The van der Waals surface area contributed by atoms with Crippen LogP contribution in [0.1, 0.15) is 15.9 Å². The summed E-state index contributed by atoms with van der Waals surface area (Å²) in [5, 5.41) is 13.0. The van der Waals surface area contributed by atoms with Crippen molar-refractivity contribution in [3.8, 4) is 17.3 Å². The van der Waals surface area contributed by atoms with Gasteiger partial charge in [-0.15, -0.1) is 0 Å². The summed E-state index contributed by atoms with van der Waals surface area (Å²) in [6.07, 6.45) is 8.97. The smallest absolute Gasteiger partial charge is 0.267 e. The van der Waals surface area contributed by atoms with E-state index in [1.54, 1.807) is 30.6 Å². The van der Waals surface area contributed by atoms with Crippen molar-refractivity contribution in [3.63, 3.8) is 0 Å². The maximum atomic E-state index is 15.1. The second-order valence-electron chi connectivity index (χ2n) is 8.86. The normalized spacial score (nSPS) is 13.5. The average Bonchev–Trinajstić information content (AvgIpc) is 3.00. The van der Waals surface area contributed by atoms with E-state index in [4.69, 9.17) is 14.9 Å². The van der Waals surface area contributed by atoms with E-state index >= 15 is 4.39 Å². The second kappa shape index (κ2) is 12.1. The number of pyridine rings is 2. The fraction of sp³-hybridized carbons (Fsp3) is 0.0323. The molecule has 2 aromatic heterocycles. The van der Waals surface area contributed by atoms with Crippen LogP contribution in [0.15, 0.2) is 114 Å². The number of benzene rings is 2. The van der Waals surface area contributed by atoms with E-state index in [0.29, 0.717) is 22.8 Å². The minimum Gasteiger partial charge on any atom is -0.481 e. The lowest BCUT2D eigenvalue weighted by atomic mass is 10.1. The number of carbonyl (C=O) groups is 1. The largest absolute Gasteiger partial charge is 0.481 e. The lowest BCUT2D eigenvalue weighted by Crippen LogP contribution is -2.27. The molecule has 11 heteroatoms. The average molecular weight is 568 g/mol. The van der Waals surface area contributed by atoms with Gasteiger partial charge < -0.3 is 25.5 Å². The topological polar surface area (TPSA) is 118 Å². The first-order valence-corrected chi connectivity index (χ1v) is 12.5. The summed E-state index contributed by atoms with van der Waals surface area (Å²) in [4.78, 5) is 30.0. The van der Waals surface area contributed by atoms with Crippen LogP contribution in [0.2, 0.25) is 0 Å². The van der Waals surface area contributed by atoms with E-state index < -0.39 is 23.1 Å². The summed E-state index contributed by atoms with van der Waals surface area (Å²) in [7, 11) is 1.52. The van der Waals surface area contributed by atoms with Gasteiger partial charge in [0.15, 0.2) is 17.3 Å². The number of dihydropyridines is 1. The molecule has 0 spiro atoms. The number of nitrogens with zero attached hydrogens (tertiary/aromatic N) is 2. The fourth-order valence-electron chi connectivity index (χ4n) is 4.07. The number of methoxy groups -OCH3 is 1. The van der Waals surface area contributed by atoms with Crippen LogP contribution in [-0.4, -0.2) is 28.8 Å². The van der Waals surface area contributed by atoms with Crippen LogP contribution in [0.25, 0.3) is 11.3 Å². The molecule has 0 atom stereocenters. The highest BCUT2D eigenvalue weighted by Crippen LogP contribution is 2.29. The van der Waals surface area contributed by atoms with Crippen LogP contribution >= 0.6 is 0 Å². The van der Waals surface area contributed by atoms with Crippen molar-refractivity contribution in [2.24, 2.45) is 0 Å². The molecule has 1 aliphatic heterocycles. The number of halogens is 2. The van der Waals surface area contributed by atoms with E-state index in [0.717, 1.165) is 17.8 Å². The number of carbonyl (C=O) groups excluding carboxylic acids is 1. The van der Waals surface area contributed by atoms with Crippen LogP contribution in [0, 0.1) is 17.0 Å². The van der Waals surface area contributed by atoms with Crippen LogP contribution < -0.4 is 25.7 Å². The first kappa shape index (κ1) is 27.7. The van der Waals surface area contributed by atoms with Crippen LogP contribution in [0.5, 0.6) is 11.6 Å². The van der Waals surface area contributed by atoms with Gasteiger partial charge in [-0.05, 0) is 66.7 Å². The molecular weight excluding hydrogens is 544 g/mol. The molecule has 3 N–H and O–H groups in total. The van der Waals surface area contributed by atoms with Crippen molar-refractivity contribution in [1.82, 2.24) is 14.9 Å². The van der Waals surface area contributed by atoms with Gasteiger partial charge >= 0.3 is 0 Å². The van der Waals surface area contributed by atoms with Crippen molar-refractivity contribution in [2.45, 2.75) is 0 Å². The number of hydrogen-bond donors (Lipinski definition) is 3. The lowest BCUT2D eigenvalue weighted by molar-refractivity contribution is 0.102. The minimum atomic E-state index is -0.776. The maximum absolute atomic E-state index is 15.1. The van der Waals surface area contributed by atoms with Gasteiger partial charge in [0.1, 0.15) is 11.4 Å². The lowest BCUT2D eigenvalue weighted by Gasteiger charge is -2.20. The molecule has 5 rings (SSSR count). The van der Waals surface area contributed by atoms with Crippen LogP contribution in [0.3, 0.4) is 0 Å². The molecule has 0 bridgehead atoms. The molecule has 0 radical (unpaired) electrons. The number of rotatable bonds is 8. The first-order chi connectivity index (χ1) is 20.4. The molecule has 0 aliphatic carbocycles. The third-order valence-electron chi connectivity index (χ3n) is 6.17. The molecule has 1 amide bonds. The number of amides is 1. The summed E-state index contributed by atoms with van der Waals surface area (Å²) < 4.78 is 40.6. The molecule has 4 aromatic rings. The van der Waals surface area contributed by atoms with Crippen LogP contribution in [-0.2, 0) is 0 Å². The zero-order valence-electron chi connectivity index (χ0n) is 22.1. The van der Waals surface area contributed by atoms with Gasteiger partial charge in [0.25, 0.3) is 11.5 Å². The molecule has 0 fully saturated rings. The van der Waals surface area contributed by atoms with Gasteiger partial charge in [-0.3, -0.25) is 14.2 Å². The Balaban J connectivity index is 1.35. The van der Waals surface area contributed by atoms with Crippen molar-refractivity contribution in [2.75, 3.05) is 12.4 Å². The number of allylic oxidation sites excluding steroid dienone is 3. The monoisotopic (exact) mass is 567 g/mol. The Morgan fingerprint density at radius 1 is 1.10 bits per heavy atom. The van der Waals surface area contributed by atoms with Crippen molar-refractivity contribution in [3.05, 3.63) is 142 Å². The van der Waals surface area contributed by atoms with E-state index in [1.165, 1.54) is 72.5 Å². The number of anilines is 1. The van der Waals surface area contributed by atoms with E-state index in [1.807, 2.05) is 0 Å². The molecule has 0 saturated heterocycles. The second-order valence-corrected chi connectivity index (χ2v) is 8.86. The van der Waals surface area contributed by atoms with Crippen molar-refractivity contribution in [1.29, 1.82) is 5.41 Å². The Morgan fingerprint density at radius 2 is 1.90 bits per heavy atom. The maximum Gasteiger partial charge on any atom is 0.267 e. The molecular formula is C31H23F2N5O4. The number of nitrogens with one attached hydrogen (secondary N) is 3. The third kappa shape index (κ3) is 5.99. The highest BCUT2D eigenvalue weighted by atomic mass is 19.1. The summed E-state index contributed by atoms with van der Waals surface area (Å²) >= 11 is 0. The summed E-state index contributed by atoms with van der Waals surface area (Å²) in [5.41, 5.74) is 1.53. The predicted octanol–water partition coefficient (Wildman–Crippen LogP) is 5.21. The van der Waals surface area contributed by atoms with Gasteiger partial charge in [-0.1, -0.05) is 0 Å². The van der Waals surface area contributed by atoms with E-state index in [2.05, 4.69) is 15.6 Å². The molecule has 42 heavy (non-hydrogen) atoms. The van der Waals surface area contributed by atoms with E-state index in [-0.39, 0.29) is 22.8 Å². The molecule has 210 valence electrons. The van der Waals surface area contributed by atoms with Crippen molar-refractivity contribution >= 4 is 23.4 Å². The minimum absolute atomic E-state index is 0.0948. The number of hydrogen-bond acceptors (Lipinski definition) is 7. The molecule has 3 heterocycles. The Morgan fingerprint density at radius 3 is 2.60 bits per heavy atom. The molecule has 0 saturated carbocycles. The Labute approximate surface area is 238 Å². The van der Waals surface area contributed by atoms with Gasteiger partial charge in [0.05, 0.1) is 12.8 Å². The molecule has 0 unspecified atom stereocenters. The first-order valence-electron chi connectivity index (χ1n) is 12.5. The quantitative estimate of drug-likeness (QED) is 0.252. The fourth-order valence-corrected chi connectivity index (χ4v) is 4.07.